The van der Waals surface area contributed by atoms with Crippen LogP contribution in [0.2, 0.25) is 0 Å². The van der Waals surface area contributed by atoms with Gasteiger partial charge in [-0.25, -0.2) is 0 Å². The number of aryl methyl sites for hydroxylation is 3. The molecule has 9 rings (SSSR count). The first kappa shape index (κ1) is 49.3. The van der Waals surface area contributed by atoms with Crippen molar-refractivity contribution in [2.45, 2.75) is 180 Å². The van der Waals surface area contributed by atoms with Gasteiger partial charge in [-0.3, -0.25) is 0 Å². The normalized spacial score (nSPS) is 16.6. The fourth-order valence-electron chi connectivity index (χ4n) is 12.4. The molecule has 4 aromatic carbocycles. The van der Waals surface area contributed by atoms with E-state index in [0.717, 1.165) is 32.1 Å². The minimum atomic E-state index is -0.462. The van der Waals surface area contributed by atoms with Gasteiger partial charge in [-0.15, -0.1) is 11.3 Å². The Labute approximate surface area is 428 Å². The summed E-state index contributed by atoms with van der Waals surface area (Å²) in [6, 6.07) is 40.4. The summed E-state index contributed by atoms with van der Waals surface area (Å²) in [4.78, 5) is 2.88. The minimum Gasteiger partial charge on any atom is -0.151 e. The predicted molar refractivity (Wildman–Crippen MR) is 305 cm³/mol. The van der Waals surface area contributed by atoms with Crippen LogP contribution in [0.5, 0.6) is 0 Å². The van der Waals surface area contributed by atoms with Crippen molar-refractivity contribution < 1.29 is 0 Å². The molecule has 68 heavy (non-hydrogen) atoms. The maximum absolute atomic E-state index is 4.07. The Morgan fingerprint density at radius 1 is 0.441 bits per heavy atom. The highest BCUT2D eigenvalue weighted by Gasteiger charge is 2.53. The molecule has 0 aliphatic heterocycles. The van der Waals surface area contributed by atoms with Crippen LogP contribution in [-0.4, -0.2) is 7.85 Å². The van der Waals surface area contributed by atoms with Crippen molar-refractivity contribution in [3.8, 4) is 20.9 Å². The van der Waals surface area contributed by atoms with Crippen LogP contribution in [0, 0.1) is 0 Å². The van der Waals surface area contributed by atoms with Crippen LogP contribution in [0.15, 0.2) is 124 Å². The van der Waals surface area contributed by atoms with Gasteiger partial charge in [0.05, 0.1) is 14.6 Å². The molecular weight excluding hydrogens is 924 g/mol. The van der Waals surface area contributed by atoms with Gasteiger partial charge in [-0.05, 0) is 164 Å². The van der Waals surface area contributed by atoms with Gasteiger partial charge in [0.25, 0.3) is 0 Å². The van der Waals surface area contributed by atoms with E-state index in [2.05, 4.69) is 161 Å². The molecule has 2 heterocycles. The summed E-state index contributed by atoms with van der Waals surface area (Å²) in [6.45, 7) is 9.26. The van der Waals surface area contributed by atoms with E-state index >= 15 is 0 Å². The molecule has 6 aromatic rings. The minimum absolute atomic E-state index is 0.373. The monoisotopic (exact) mass is 998 g/mol. The average molecular weight is 1000 g/mol. The van der Waals surface area contributed by atoms with Gasteiger partial charge in [-0.1, -0.05) is 213 Å². The van der Waals surface area contributed by atoms with E-state index in [1.165, 1.54) is 194 Å². The molecule has 0 nitrogen and oxygen atoms in total. The predicted octanol–water partition coefficient (Wildman–Crippen LogP) is 18.5. The summed E-state index contributed by atoms with van der Waals surface area (Å²) in [5.74, 6) is 0. The smallest absolute Gasteiger partial charge is 0.151 e. The molecular formula is C64H76BBrS2. The fourth-order valence-corrected chi connectivity index (χ4v) is 15.1. The quantitative estimate of drug-likeness (QED) is 0.0418. The number of thiophene rings is 2. The number of hydrogen-bond acceptors (Lipinski definition) is 2. The second-order valence-corrected chi connectivity index (χ2v) is 24.4. The van der Waals surface area contributed by atoms with E-state index < -0.39 is 5.41 Å². The van der Waals surface area contributed by atoms with Gasteiger partial charge in [-0.2, -0.15) is 11.3 Å². The lowest BCUT2D eigenvalue weighted by Gasteiger charge is -2.38. The summed E-state index contributed by atoms with van der Waals surface area (Å²) < 4.78 is 2.61. The highest BCUT2D eigenvalue weighted by molar-refractivity contribution is 9.11. The number of unbranched alkanes of at least 4 members (excludes halogenated alkanes) is 12. The zero-order valence-corrected chi connectivity index (χ0v) is 45.4. The van der Waals surface area contributed by atoms with Gasteiger partial charge in [0.2, 0.25) is 0 Å². The van der Waals surface area contributed by atoms with E-state index in [0.29, 0.717) is 0 Å². The van der Waals surface area contributed by atoms with Crippen LogP contribution in [-0.2, 0) is 30.1 Å². The molecule has 3 aliphatic rings. The van der Waals surface area contributed by atoms with Gasteiger partial charge in [0.15, 0.2) is 7.85 Å². The van der Waals surface area contributed by atoms with E-state index in [4.69, 9.17) is 0 Å². The van der Waals surface area contributed by atoms with Crippen molar-refractivity contribution in [1.29, 1.82) is 0 Å². The molecule has 1 unspecified atom stereocenters. The molecule has 0 N–H and O–H groups in total. The lowest BCUT2D eigenvalue weighted by atomic mass is 9.63. The lowest BCUT2D eigenvalue weighted by Crippen LogP contribution is -2.32. The zero-order valence-electron chi connectivity index (χ0n) is 42.1. The molecule has 2 aromatic heterocycles. The first-order valence-corrected chi connectivity index (χ1v) is 29.6. The number of benzene rings is 4. The second-order valence-electron chi connectivity index (χ2n) is 20.7. The molecule has 354 valence electrons. The molecule has 4 heteroatoms. The first-order valence-electron chi connectivity index (χ1n) is 27.1. The van der Waals surface area contributed by atoms with Gasteiger partial charge in [0, 0.05) is 9.75 Å². The Morgan fingerprint density at radius 2 is 0.882 bits per heavy atom. The summed E-state index contributed by atoms with van der Waals surface area (Å²) in [5.41, 5.74) is 19.6. The van der Waals surface area contributed by atoms with Crippen LogP contribution in [0.1, 0.15) is 205 Å². The molecule has 0 radical (unpaired) electrons. The number of rotatable bonds is 24. The van der Waals surface area contributed by atoms with E-state index in [1.54, 1.807) is 11.1 Å². The Balaban J connectivity index is 1.25. The molecule has 0 amide bonds. The third kappa shape index (κ3) is 9.58. The Hall–Kier alpha value is -3.70. The van der Waals surface area contributed by atoms with Crippen LogP contribution in [0.3, 0.4) is 0 Å². The van der Waals surface area contributed by atoms with Gasteiger partial charge in [0.1, 0.15) is 0 Å². The van der Waals surface area contributed by atoms with Crippen molar-refractivity contribution in [2.24, 2.45) is 0 Å². The molecule has 0 saturated carbocycles. The topological polar surface area (TPSA) is 0 Å². The Kier molecular flexibility index (Phi) is 16.4. The molecule has 3 aliphatic carbocycles. The van der Waals surface area contributed by atoms with Gasteiger partial charge < -0.3 is 0 Å². The summed E-state index contributed by atoms with van der Waals surface area (Å²) in [6.07, 6.45) is 32.8. The highest BCUT2D eigenvalue weighted by atomic mass is 79.9. The summed E-state index contributed by atoms with van der Waals surface area (Å²) in [5, 5.41) is 0. The maximum Gasteiger partial charge on any atom is 0.152 e. The highest BCUT2D eigenvalue weighted by Crippen LogP contribution is 2.65. The maximum atomic E-state index is 4.07. The molecule has 0 saturated heterocycles. The second kappa shape index (κ2) is 22.6. The van der Waals surface area contributed by atoms with Crippen LogP contribution in [0.25, 0.3) is 20.9 Å². The van der Waals surface area contributed by atoms with E-state index in [-0.39, 0.29) is 5.41 Å². The third-order valence-electron chi connectivity index (χ3n) is 16.0. The van der Waals surface area contributed by atoms with Crippen molar-refractivity contribution in [3.63, 3.8) is 0 Å². The van der Waals surface area contributed by atoms with Gasteiger partial charge >= 0.3 is 0 Å². The lowest BCUT2D eigenvalue weighted by molar-refractivity contribution is 0.635. The number of allylic oxidation sites excluding steroid dienone is 4. The summed E-state index contributed by atoms with van der Waals surface area (Å²) in [7, 11) is 2.34. The molecule has 1 atom stereocenters. The Bertz CT molecular complexity index is 2630. The largest absolute Gasteiger partial charge is 0.152 e. The third-order valence-corrected chi connectivity index (χ3v) is 18.8. The molecule has 0 fully saturated rings. The van der Waals surface area contributed by atoms with Crippen molar-refractivity contribution in [2.75, 3.05) is 0 Å². The van der Waals surface area contributed by atoms with Crippen molar-refractivity contribution in [3.05, 3.63) is 180 Å². The molecule has 0 bridgehead atoms. The van der Waals surface area contributed by atoms with Crippen molar-refractivity contribution >= 4 is 51.2 Å². The molecule has 0 spiro atoms. The van der Waals surface area contributed by atoms with Crippen molar-refractivity contribution in [1.82, 2.24) is 0 Å². The first-order chi connectivity index (χ1) is 33.4. The zero-order chi connectivity index (χ0) is 47.1. The van der Waals surface area contributed by atoms with E-state index in [9.17, 15) is 0 Å². The number of fused-ring (bicyclic) bond motifs is 6. The van der Waals surface area contributed by atoms with Crippen LogP contribution in [0.4, 0.5) is 0 Å². The van der Waals surface area contributed by atoms with E-state index in [1.807, 2.05) is 22.7 Å². The number of halogens is 1. The SMILES string of the molecule is Bc1cc2c(s1)-c1cc3c(cc1C2(C1=CC=C(CCCCCC)CC1)c1ccc(CCCCCC)cc1)C(c1ccc(CCCCCC)cc1)(c1ccc(CCCCCC)cc1)c1cc(Br)sc1-3. The average Bonchev–Trinajstić information content (AvgIpc) is 4.08. The van der Waals surface area contributed by atoms with Crippen LogP contribution >= 0.6 is 38.6 Å². The number of hydrogen-bond donors (Lipinski definition) is 0. The summed E-state index contributed by atoms with van der Waals surface area (Å²) >= 11 is 8.01. The van der Waals surface area contributed by atoms with Crippen LogP contribution < -0.4 is 4.78 Å². The standard InChI is InChI=1S/C64H76BBrS2/c1-5-9-13-17-21-45-25-33-49(34-26-45)63(50-35-27-46(28-36-50)22-18-14-10-6-2)55-42-56-54(41-53(55)61-57(63)43-59(65)67-61)62-58(44-60(66)68-62)64(56,51-37-29-47(30-38-51)23-19-15-11-7-3)52-39-31-48(32-40-52)24-20-16-12-8-4/h25-27,29-35,37-44H,5-24,28,36,65H2,1-4H3. The fraction of sp³-hybridized carbons (Fsp3) is 0.438. The Morgan fingerprint density at radius 3 is 1.35 bits per heavy atom.